The Labute approximate surface area is 210 Å². The summed E-state index contributed by atoms with van der Waals surface area (Å²) < 4.78 is 0. The van der Waals surface area contributed by atoms with Gasteiger partial charge in [0.15, 0.2) is 0 Å². The average Bonchev–Trinajstić information content (AvgIpc) is 3.12. The lowest BCUT2D eigenvalue weighted by Gasteiger charge is -2.36. The molecule has 0 nitrogen and oxygen atoms in total. The number of hydrogen-bond acceptors (Lipinski definition) is 0. The van der Waals surface area contributed by atoms with Crippen LogP contribution in [0.4, 0.5) is 0 Å². The van der Waals surface area contributed by atoms with E-state index in [-0.39, 0.29) is 10.8 Å². The van der Waals surface area contributed by atoms with Gasteiger partial charge in [-0.1, -0.05) is 88.4 Å². The number of fused-ring (bicyclic) bond motifs is 4. The van der Waals surface area contributed by atoms with Crippen LogP contribution in [0.3, 0.4) is 0 Å². The lowest BCUT2D eigenvalue weighted by atomic mass is 9.67. The predicted molar refractivity (Wildman–Crippen MR) is 155 cm³/mol. The molecule has 0 amide bonds. The molecule has 0 atom stereocenters. The molecule has 2 aliphatic carbocycles. The van der Waals surface area contributed by atoms with E-state index >= 15 is 0 Å². The summed E-state index contributed by atoms with van der Waals surface area (Å²) >= 11 is 0. The second-order valence-electron chi connectivity index (χ2n) is 12.1. The van der Waals surface area contributed by atoms with Crippen molar-refractivity contribution < 1.29 is 0 Å². The molecule has 0 bridgehead atoms. The van der Waals surface area contributed by atoms with Crippen molar-refractivity contribution in [3.63, 3.8) is 0 Å². The SMILES string of the molecule is CC1(C)c2cccc3c2-c2c1cc1c4cc5ccccc5cc4c4cccc5cc(c2c1c54)C3(C)C. The Morgan fingerprint density at radius 3 is 1.72 bits per heavy atom. The Hall–Kier alpha value is -3.90. The molecule has 9 rings (SSSR count). The van der Waals surface area contributed by atoms with E-state index in [9.17, 15) is 0 Å². The summed E-state index contributed by atoms with van der Waals surface area (Å²) in [5, 5.41) is 13.9. The average molecular weight is 459 g/mol. The molecule has 36 heavy (non-hydrogen) atoms. The molecule has 0 saturated heterocycles. The summed E-state index contributed by atoms with van der Waals surface area (Å²) in [6.45, 7) is 9.71. The van der Waals surface area contributed by atoms with Crippen LogP contribution in [-0.2, 0) is 10.8 Å². The molecule has 170 valence electrons. The fourth-order valence-electron chi connectivity index (χ4n) is 7.93. The molecule has 7 aromatic carbocycles. The molecule has 0 heteroatoms. The van der Waals surface area contributed by atoms with Gasteiger partial charge in [-0.05, 0) is 112 Å². The summed E-state index contributed by atoms with van der Waals surface area (Å²) in [6.07, 6.45) is 0. The van der Waals surface area contributed by atoms with Gasteiger partial charge in [0, 0.05) is 10.8 Å². The number of hydrogen-bond donors (Lipinski definition) is 0. The minimum absolute atomic E-state index is 0.0218. The van der Waals surface area contributed by atoms with Crippen molar-refractivity contribution in [2.75, 3.05) is 0 Å². The van der Waals surface area contributed by atoms with E-state index in [0.717, 1.165) is 0 Å². The Morgan fingerprint density at radius 1 is 0.389 bits per heavy atom. The highest BCUT2D eigenvalue weighted by atomic mass is 14.5. The Kier molecular flexibility index (Phi) is 3.08. The van der Waals surface area contributed by atoms with Crippen molar-refractivity contribution >= 4 is 53.9 Å². The second kappa shape index (κ2) is 5.73. The quantitative estimate of drug-likeness (QED) is 0.157. The third kappa shape index (κ3) is 1.92. The molecule has 0 aromatic heterocycles. The lowest BCUT2D eigenvalue weighted by molar-refractivity contribution is 0.640. The van der Waals surface area contributed by atoms with Gasteiger partial charge in [-0.3, -0.25) is 0 Å². The van der Waals surface area contributed by atoms with Crippen LogP contribution in [0.2, 0.25) is 0 Å². The molecule has 0 heterocycles. The van der Waals surface area contributed by atoms with Crippen LogP contribution in [0.5, 0.6) is 0 Å². The molecule has 7 aromatic rings. The van der Waals surface area contributed by atoms with Gasteiger partial charge in [-0.15, -0.1) is 0 Å². The maximum atomic E-state index is 2.56. The van der Waals surface area contributed by atoms with Crippen molar-refractivity contribution in [3.05, 3.63) is 107 Å². The molecule has 0 aliphatic heterocycles. The molecule has 0 fully saturated rings. The van der Waals surface area contributed by atoms with Crippen molar-refractivity contribution in [1.29, 1.82) is 0 Å². The van der Waals surface area contributed by atoms with Crippen LogP contribution in [0.25, 0.3) is 65.0 Å². The molecule has 0 saturated carbocycles. The highest BCUT2D eigenvalue weighted by molar-refractivity contribution is 6.37. The van der Waals surface area contributed by atoms with Gasteiger partial charge >= 0.3 is 0 Å². The summed E-state index contributed by atoms with van der Waals surface area (Å²) in [7, 11) is 0. The summed E-state index contributed by atoms with van der Waals surface area (Å²) in [4.78, 5) is 0. The first kappa shape index (κ1) is 19.3. The van der Waals surface area contributed by atoms with E-state index in [1.54, 1.807) is 0 Å². The van der Waals surface area contributed by atoms with Gasteiger partial charge in [0.2, 0.25) is 0 Å². The van der Waals surface area contributed by atoms with Crippen LogP contribution in [0.15, 0.2) is 84.9 Å². The molecular weight excluding hydrogens is 432 g/mol. The largest absolute Gasteiger partial charge is 0.0616 e. The molecule has 0 N–H and O–H groups in total. The normalized spacial score (nSPS) is 16.8. The van der Waals surface area contributed by atoms with E-state index < -0.39 is 0 Å². The molecule has 0 spiro atoms. The van der Waals surface area contributed by atoms with Crippen LogP contribution >= 0.6 is 0 Å². The van der Waals surface area contributed by atoms with E-state index in [4.69, 9.17) is 0 Å². The van der Waals surface area contributed by atoms with Crippen LogP contribution in [0, 0.1) is 0 Å². The maximum Gasteiger partial charge on any atom is 0.0159 e. The van der Waals surface area contributed by atoms with Gasteiger partial charge in [-0.2, -0.15) is 0 Å². The fraction of sp³-hybridized carbons (Fsp3) is 0.167. The third-order valence-electron chi connectivity index (χ3n) is 9.72. The van der Waals surface area contributed by atoms with E-state index in [1.165, 1.54) is 87.2 Å². The van der Waals surface area contributed by atoms with Crippen molar-refractivity contribution in [1.82, 2.24) is 0 Å². The van der Waals surface area contributed by atoms with Gasteiger partial charge < -0.3 is 0 Å². The first-order valence-corrected chi connectivity index (χ1v) is 13.1. The van der Waals surface area contributed by atoms with Gasteiger partial charge in [0.25, 0.3) is 0 Å². The zero-order valence-corrected chi connectivity index (χ0v) is 21.1. The van der Waals surface area contributed by atoms with E-state index in [0.29, 0.717) is 0 Å². The highest BCUT2D eigenvalue weighted by Crippen LogP contribution is 2.61. The number of benzene rings is 7. The van der Waals surface area contributed by atoms with Crippen LogP contribution in [-0.4, -0.2) is 0 Å². The van der Waals surface area contributed by atoms with Gasteiger partial charge in [-0.25, -0.2) is 0 Å². The minimum Gasteiger partial charge on any atom is -0.0616 e. The first-order chi connectivity index (χ1) is 17.4. The second-order valence-corrected chi connectivity index (χ2v) is 12.1. The van der Waals surface area contributed by atoms with Crippen molar-refractivity contribution in [3.8, 4) is 11.1 Å². The molecule has 0 unspecified atom stereocenters. The molecule has 0 radical (unpaired) electrons. The van der Waals surface area contributed by atoms with E-state index in [1.807, 2.05) is 0 Å². The lowest BCUT2D eigenvalue weighted by Crippen LogP contribution is -2.24. The topological polar surface area (TPSA) is 0 Å². The Balaban J connectivity index is 1.67. The standard InChI is InChI=1S/C36H26/c1-35(2)26-13-8-14-27-32(26)34-29(36(27,3)4)18-25-24-16-20-10-6-5-9-19(20)15-23(24)22-12-7-11-21-17-28(35)33(34)31(25)30(21)22/h5-18H,1-4H3. The Bertz CT molecular complexity index is 2130. The molecular formula is C36H26. The number of rotatable bonds is 0. The zero-order valence-electron chi connectivity index (χ0n) is 21.1. The van der Waals surface area contributed by atoms with Crippen molar-refractivity contribution in [2.45, 2.75) is 38.5 Å². The third-order valence-corrected chi connectivity index (χ3v) is 9.72. The van der Waals surface area contributed by atoms with E-state index in [2.05, 4.69) is 113 Å². The zero-order chi connectivity index (χ0) is 24.1. The maximum absolute atomic E-state index is 2.56. The Morgan fingerprint density at radius 2 is 1.00 bits per heavy atom. The smallest absolute Gasteiger partial charge is 0.0159 e. The summed E-state index contributed by atoms with van der Waals surface area (Å²) in [5.41, 5.74) is 8.86. The highest BCUT2D eigenvalue weighted by Gasteiger charge is 2.45. The predicted octanol–water partition coefficient (Wildman–Crippen LogP) is 9.84. The summed E-state index contributed by atoms with van der Waals surface area (Å²) in [5.74, 6) is 0. The first-order valence-electron chi connectivity index (χ1n) is 13.1. The van der Waals surface area contributed by atoms with Crippen molar-refractivity contribution in [2.24, 2.45) is 0 Å². The van der Waals surface area contributed by atoms with Gasteiger partial charge in [0.05, 0.1) is 0 Å². The minimum atomic E-state index is -0.0531. The van der Waals surface area contributed by atoms with Crippen LogP contribution < -0.4 is 0 Å². The molecule has 2 aliphatic rings. The van der Waals surface area contributed by atoms with Gasteiger partial charge in [0.1, 0.15) is 0 Å². The van der Waals surface area contributed by atoms with Crippen LogP contribution in [0.1, 0.15) is 49.9 Å². The monoisotopic (exact) mass is 458 g/mol. The summed E-state index contributed by atoms with van der Waals surface area (Å²) in [6, 6.07) is 32.7. The fourth-order valence-corrected chi connectivity index (χ4v) is 7.93.